The lowest BCUT2D eigenvalue weighted by Gasteiger charge is -2.35. The molecule has 2 saturated heterocycles. The number of hydrogen-bond donors (Lipinski definition) is 0. The Balaban J connectivity index is 1.51. The summed E-state index contributed by atoms with van der Waals surface area (Å²) in [7, 11) is 0. The van der Waals surface area contributed by atoms with E-state index in [1.807, 2.05) is 6.92 Å². The Morgan fingerprint density at radius 2 is 2.00 bits per heavy atom. The van der Waals surface area contributed by atoms with Crippen LogP contribution in [0.25, 0.3) is 0 Å². The number of rotatable bonds is 5. The minimum atomic E-state index is -0.00339. The fraction of sp³-hybridized carbons (Fsp3) is 0.632. The molecule has 2 heterocycles. The monoisotopic (exact) mass is 316 g/mol. The fourth-order valence-corrected chi connectivity index (χ4v) is 3.89. The highest BCUT2D eigenvalue weighted by molar-refractivity contribution is 5.72. The summed E-state index contributed by atoms with van der Waals surface area (Å²) in [5.41, 5.74) is 1.39. The molecule has 0 aliphatic carbocycles. The van der Waals surface area contributed by atoms with Crippen molar-refractivity contribution < 1.29 is 9.53 Å². The van der Waals surface area contributed by atoms with Gasteiger partial charge in [-0.05, 0) is 38.3 Å². The van der Waals surface area contributed by atoms with Gasteiger partial charge in [0.1, 0.15) is 0 Å². The predicted octanol–water partition coefficient (Wildman–Crippen LogP) is 2.54. The first-order chi connectivity index (χ1) is 11.3. The van der Waals surface area contributed by atoms with E-state index in [0.717, 1.165) is 45.6 Å². The Morgan fingerprint density at radius 3 is 2.78 bits per heavy atom. The Hall–Kier alpha value is -1.39. The quantitative estimate of drug-likeness (QED) is 0.782. The molecule has 4 nitrogen and oxygen atoms in total. The molecule has 0 saturated carbocycles. The molecule has 2 aliphatic rings. The van der Waals surface area contributed by atoms with Gasteiger partial charge >= 0.3 is 5.97 Å². The molecule has 0 amide bonds. The van der Waals surface area contributed by atoms with Gasteiger partial charge in [-0.2, -0.15) is 0 Å². The van der Waals surface area contributed by atoms with E-state index in [-0.39, 0.29) is 11.9 Å². The van der Waals surface area contributed by atoms with Crippen LogP contribution in [0.1, 0.15) is 31.7 Å². The number of carbonyl (C=O) groups excluding carboxylic acids is 1. The molecule has 0 spiro atoms. The van der Waals surface area contributed by atoms with E-state index >= 15 is 0 Å². The molecule has 126 valence electrons. The molecule has 0 radical (unpaired) electrons. The molecular formula is C19H28N2O2. The number of carbonyl (C=O) groups is 1. The minimum absolute atomic E-state index is 0.00339. The zero-order chi connectivity index (χ0) is 16.1. The molecular weight excluding hydrogens is 288 g/mol. The van der Waals surface area contributed by atoms with Gasteiger partial charge in [-0.15, -0.1) is 0 Å². The topological polar surface area (TPSA) is 32.8 Å². The summed E-state index contributed by atoms with van der Waals surface area (Å²) in [5, 5.41) is 0. The van der Waals surface area contributed by atoms with Gasteiger partial charge in [-0.25, -0.2) is 0 Å². The second kappa shape index (κ2) is 7.93. The standard InChI is InChI=1S/C19H28N2O2/c1-2-23-19(22)17-9-6-11-21(14-17)18-10-12-20(15-18)13-16-7-4-3-5-8-16/h3-5,7-8,17-18H,2,6,9-15H2,1H3/t17-,18?/m1/s1. The SMILES string of the molecule is CCOC(=O)[C@@H]1CCCN(C2CCN(Cc3ccccc3)C2)C1. The third-order valence-corrected chi connectivity index (χ3v) is 5.09. The van der Waals surface area contributed by atoms with Crippen molar-refractivity contribution in [2.24, 2.45) is 5.92 Å². The second-order valence-electron chi connectivity index (χ2n) is 6.75. The van der Waals surface area contributed by atoms with E-state index in [1.54, 1.807) is 0 Å². The lowest BCUT2D eigenvalue weighted by Crippen LogP contribution is -2.46. The van der Waals surface area contributed by atoms with Gasteiger partial charge in [0.15, 0.2) is 0 Å². The molecule has 0 bridgehead atoms. The first kappa shape index (κ1) is 16.5. The minimum Gasteiger partial charge on any atom is -0.466 e. The highest BCUT2D eigenvalue weighted by atomic mass is 16.5. The van der Waals surface area contributed by atoms with Crippen LogP contribution in [0.15, 0.2) is 30.3 Å². The molecule has 0 aromatic heterocycles. The summed E-state index contributed by atoms with van der Waals surface area (Å²) in [5.74, 6) is 0.0724. The van der Waals surface area contributed by atoms with Gasteiger partial charge in [0.05, 0.1) is 12.5 Å². The molecule has 23 heavy (non-hydrogen) atoms. The zero-order valence-corrected chi connectivity index (χ0v) is 14.1. The maximum atomic E-state index is 12.0. The molecule has 4 heteroatoms. The number of ether oxygens (including phenoxy) is 1. The molecule has 3 rings (SSSR count). The van der Waals surface area contributed by atoms with Crippen LogP contribution in [0.5, 0.6) is 0 Å². The number of hydrogen-bond acceptors (Lipinski definition) is 4. The first-order valence-electron chi connectivity index (χ1n) is 8.93. The maximum Gasteiger partial charge on any atom is 0.310 e. The molecule has 1 aromatic carbocycles. The van der Waals surface area contributed by atoms with Crippen LogP contribution < -0.4 is 0 Å². The third kappa shape index (κ3) is 4.33. The highest BCUT2D eigenvalue weighted by Gasteiger charge is 2.33. The van der Waals surface area contributed by atoms with E-state index in [9.17, 15) is 4.79 Å². The molecule has 2 aliphatic heterocycles. The summed E-state index contributed by atoms with van der Waals surface area (Å²) < 4.78 is 5.22. The van der Waals surface area contributed by atoms with Crippen molar-refractivity contribution in [1.82, 2.24) is 9.80 Å². The van der Waals surface area contributed by atoms with Crippen LogP contribution in [-0.4, -0.2) is 54.6 Å². The number of esters is 1. The molecule has 2 fully saturated rings. The van der Waals surface area contributed by atoms with Gasteiger partial charge < -0.3 is 4.74 Å². The largest absolute Gasteiger partial charge is 0.466 e. The molecule has 1 aromatic rings. The summed E-state index contributed by atoms with van der Waals surface area (Å²) in [6, 6.07) is 11.3. The van der Waals surface area contributed by atoms with Crippen molar-refractivity contribution in [2.45, 2.75) is 38.8 Å². The van der Waals surface area contributed by atoms with Crippen LogP contribution >= 0.6 is 0 Å². The first-order valence-corrected chi connectivity index (χ1v) is 8.93. The average Bonchev–Trinajstić information content (AvgIpc) is 3.05. The zero-order valence-electron chi connectivity index (χ0n) is 14.1. The van der Waals surface area contributed by atoms with Crippen molar-refractivity contribution in [3.8, 4) is 0 Å². The lowest BCUT2D eigenvalue weighted by atomic mass is 9.96. The second-order valence-corrected chi connectivity index (χ2v) is 6.75. The molecule has 1 unspecified atom stereocenters. The van der Waals surface area contributed by atoms with Crippen molar-refractivity contribution in [3.63, 3.8) is 0 Å². The summed E-state index contributed by atoms with van der Waals surface area (Å²) >= 11 is 0. The van der Waals surface area contributed by atoms with Gasteiger partial charge in [0, 0.05) is 32.2 Å². The van der Waals surface area contributed by atoms with Gasteiger partial charge in [-0.3, -0.25) is 14.6 Å². The smallest absolute Gasteiger partial charge is 0.310 e. The van der Waals surface area contributed by atoms with Gasteiger partial charge in [-0.1, -0.05) is 30.3 Å². The van der Waals surface area contributed by atoms with E-state index in [4.69, 9.17) is 4.74 Å². The molecule has 2 atom stereocenters. The summed E-state index contributed by atoms with van der Waals surface area (Å²) in [6.45, 7) is 7.68. The van der Waals surface area contributed by atoms with Crippen LogP contribution in [0.2, 0.25) is 0 Å². The van der Waals surface area contributed by atoms with Crippen LogP contribution in [-0.2, 0) is 16.1 Å². The molecule has 0 N–H and O–H groups in total. The van der Waals surface area contributed by atoms with Crippen LogP contribution in [0.3, 0.4) is 0 Å². The van der Waals surface area contributed by atoms with Crippen molar-refractivity contribution >= 4 is 5.97 Å². The Morgan fingerprint density at radius 1 is 1.17 bits per heavy atom. The summed E-state index contributed by atoms with van der Waals surface area (Å²) in [4.78, 5) is 17.1. The third-order valence-electron chi connectivity index (χ3n) is 5.09. The predicted molar refractivity (Wildman–Crippen MR) is 91.1 cm³/mol. The number of piperidine rings is 1. The Labute approximate surface area is 139 Å². The van der Waals surface area contributed by atoms with Crippen molar-refractivity contribution in [1.29, 1.82) is 0 Å². The van der Waals surface area contributed by atoms with Crippen LogP contribution in [0, 0.1) is 5.92 Å². The Kier molecular flexibility index (Phi) is 5.68. The van der Waals surface area contributed by atoms with Crippen molar-refractivity contribution in [2.75, 3.05) is 32.8 Å². The number of nitrogens with zero attached hydrogens (tertiary/aromatic N) is 2. The number of benzene rings is 1. The average molecular weight is 316 g/mol. The fourth-order valence-electron chi connectivity index (χ4n) is 3.89. The highest BCUT2D eigenvalue weighted by Crippen LogP contribution is 2.25. The van der Waals surface area contributed by atoms with Gasteiger partial charge in [0.2, 0.25) is 0 Å². The van der Waals surface area contributed by atoms with E-state index in [0.29, 0.717) is 12.6 Å². The lowest BCUT2D eigenvalue weighted by molar-refractivity contribution is -0.150. The summed E-state index contributed by atoms with van der Waals surface area (Å²) in [6.07, 6.45) is 3.30. The maximum absolute atomic E-state index is 12.0. The van der Waals surface area contributed by atoms with Gasteiger partial charge in [0.25, 0.3) is 0 Å². The van der Waals surface area contributed by atoms with E-state index < -0.39 is 0 Å². The Bertz CT molecular complexity index is 505. The van der Waals surface area contributed by atoms with E-state index in [2.05, 4.69) is 40.1 Å². The normalized spacial score (nSPS) is 26.3. The van der Waals surface area contributed by atoms with E-state index in [1.165, 1.54) is 12.0 Å². The number of likely N-dealkylation sites (tertiary alicyclic amines) is 2. The van der Waals surface area contributed by atoms with Crippen LogP contribution in [0.4, 0.5) is 0 Å². The van der Waals surface area contributed by atoms with Crippen molar-refractivity contribution in [3.05, 3.63) is 35.9 Å².